The molecular formula is C9H13ClN2. The van der Waals surface area contributed by atoms with Crippen molar-refractivity contribution >= 4 is 11.6 Å². The molecule has 12 heavy (non-hydrogen) atoms. The summed E-state index contributed by atoms with van der Waals surface area (Å²) >= 11 is 5.75. The van der Waals surface area contributed by atoms with Gasteiger partial charge in [-0.2, -0.15) is 0 Å². The Morgan fingerprint density at radius 3 is 2.42 bits per heavy atom. The molecule has 0 amide bonds. The molecule has 0 fully saturated rings. The van der Waals surface area contributed by atoms with Crippen LogP contribution in [-0.2, 0) is 0 Å². The van der Waals surface area contributed by atoms with Gasteiger partial charge in [0.2, 0.25) is 0 Å². The lowest BCUT2D eigenvalue weighted by Crippen LogP contribution is -2.27. The van der Waals surface area contributed by atoms with Crippen LogP contribution < -0.4 is 11.3 Å². The Bertz CT molecular complexity index is 229. The number of halogens is 1. The maximum absolute atomic E-state index is 5.75. The molecule has 0 spiro atoms. The Morgan fingerprint density at radius 1 is 1.42 bits per heavy atom. The van der Waals surface area contributed by atoms with Gasteiger partial charge in [0, 0.05) is 11.1 Å². The molecule has 3 N–H and O–H groups in total. The smallest absolute Gasteiger partial charge is 0.0457 e. The van der Waals surface area contributed by atoms with E-state index in [1.54, 1.807) is 0 Å². The van der Waals surface area contributed by atoms with Crippen LogP contribution in [0.25, 0.3) is 0 Å². The molecule has 0 saturated carbocycles. The third-order valence-corrected chi connectivity index (χ3v) is 2.13. The van der Waals surface area contributed by atoms with Crippen molar-refractivity contribution < 1.29 is 0 Å². The molecular weight excluding hydrogens is 172 g/mol. The van der Waals surface area contributed by atoms with Crippen molar-refractivity contribution in [3.63, 3.8) is 0 Å². The first-order valence-corrected chi connectivity index (χ1v) is 4.37. The van der Waals surface area contributed by atoms with E-state index < -0.39 is 0 Å². The average Bonchev–Trinajstić information content (AvgIpc) is 2.10. The second kappa shape index (κ2) is 4.45. The van der Waals surface area contributed by atoms with Crippen LogP contribution in [0, 0.1) is 0 Å². The molecule has 3 heteroatoms. The minimum atomic E-state index is 0.224. The van der Waals surface area contributed by atoms with Crippen LogP contribution in [-0.4, -0.2) is 0 Å². The molecule has 0 saturated heterocycles. The molecule has 0 radical (unpaired) electrons. The molecule has 1 rings (SSSR count). The Labute approximate surface area is 77.7 Å². The van der Waals surface area contributed by atoms with Crippen LogP contribution >= 0.6 is 11.6 Å². The number of hydrogen-bond acceptors (Lipinski definition) is 2. The maximum Gasteiger partial charge on any atom is 0.0457 e. The topological polar surface area (TPSA) is 38.0 Å². The van der Waals surface area contributed by atoms with E-state index in [2.05, 4.69) is 12.3 Å². The van der Waals surface area contributed by atoms with Crippen LogP contribution in [0.3, 0.4) is 0 Å². The summed E-state index contributed by atoms with van der Waals surface area (Å²) in [4.78, 5) is 0. The van der Waals surface area contributed by atoms with E-state index in [0.29, 0.717) is 0 Å². The predicted octanol–water partition coefficient (Wildman–Crippen LogP) is 2.25. The Kier molecular flexibility index (Phi) is 3.53. The molecule has 1 aromatic carbocycles. The van der Waals surface area contributed by atoms with E-state index in [4.69, 9.17) is 17.4 Å². The first-order chi connectivity index (χ1) is 5.77. The van der Waals surface area contributed by atoms with Gasteiger partial charge >= 0.3 is 0 Å². The normalized spacial score (nSPS) is 12.9. The monoisotopic (exact) mass is 184 g/mol. The highest BCUT2D eigenvalue weighted by Gasteiger charge is 2.05. The van der Waals surface area contributed by atoms with E-state index >= 15 is 0 Å². The number of benzene rings is 1. The largest absolute Gasteiger partial charge is 0.271 e. The molecule has 0 aliphatic rings. The second-order valence-corrected chi connectivity index (χ2v) is 3.12. The summed E-state index contributed by atoms with van der Waals surface area (Å²) in [5.74, 6) is 5.37. The summed E-state index contributed by atoms with van der Waals surface area (Å²) in [5.41, 5.74) is 3.92. The van der Waals surface area contributed by atoms with Crippen LogP contribution in [0.15, 0.2) is 24.3 Å². The van der Waals surface area contributed by atoms with Crippen molar-refractivity contribution in [2.75, 3.05) is 0 Å². The molecule has 0 unspecified atom stereocenters. The van der Waals surface area contributed by atoms with E-state index in [9.17, 15) is 0 Å². The lowest BCUT2D eigenvalue weighted by molar-refractivity contribution is 0.539. The minimum Gasteiger partial charge on any atom is -0.271 e. The number of hydrogen-bond donors (Lipinski definition) is 2. The molecule has 1 aromatic rings. The molecule has 66 valence electrons. The minimum absolute atomic E-state index is 0.224. The van der Waals surface area contributed by atoms with Crippen LogP contribution in [0.5, 0.6) is 0 Å². The van der Waals surface area contributed by atoms with Crippen LogP contribution in [0.2, 0.25) is 5.02 Å². The SMILES string of the molecule is CC[C@@H](NN)c1ccc(Cl)cc1. The lowest BCUT2D eigenvalue weighted by atomic mass is 10.1. The predicted molar refractivity (Wildman–Crippen MR) is 51.8 cm³/mol. The van der Waals surface area contributed by atoms with Gasteiger partial charge in [-0.05, 0) is 24.1 Å². The van der Waals surface area contributed by atoms with Crippen molar-refractivity contribution in [3.8, 4) is 0 Å². The fourth-order valence-electron chi connectivity index (χ4n) is 1.14. The van der Waals surface area contributed by atoms with Gasteiger partial charge in [-0.3, -0.25) is 11.3 Å². The quantitative estimate of drug-likeness (QED) is 0.559. The first-order valence-electron chi connectivity index (χ1n) is 3.99. The maximum atomic E-state index is 5.75. The van der Waals surface area contributed by atoms with Crippen molar-refractivity contribution in [2.24, 2.45) is 5.84 Å². The highest BCUT2D eigenvalue weighted by molar-refractivity contribution is 6.30. The zero-order valence-corrected chi connectivity index (χ0v) is 7.81. The Balaban J connectivity index is 2.80. The van der Waals surface area contributed by atoms with Crippen molar-refractivity contribution in [3.05, 3.63) is 34.9 Å². The Morgan fingerprint density at radius 2 is 2.00 bits per heavy atom. The van der Waals surface area contributed by atoms with E-state index in [1.165, 1.54) is 5.56 Å². The number of hydrazine groups is 1. The van der Waals surface area contributed by atoms with Crippen LogP contribution in [0.4, 0.5) is 0 Å². The number of nitrogens with two attached hydrogens (primary N) is 1. The van der Waals surface area contributed by atoms with Gasteiger partial charge in [0.25, 0.3) is 0 Å². The lowest BCUT2D eigenvalue weighted by Gasteiger charge is -2.13. The van der Waals surface area contributed by atoms with Crippen molar-refractivity contribution in [1.29, 1.82) is 0 Å². The summed E-state index contributed by atoms with van der Waals surface area (Å²) in [6, 6.07) is 7.93. The second-order valence-electron chi connectivity index (χ2n) is 2.68. The van der Waals surface area contributed by atoms with Crippen molar-refractivity contribution in [2.45, 2.75) is 19.4 Å². The van der Waals surface area contributed by atoms with Gasteiger partial charge in [-0.25, -0.2) is 0 Å². The van der Waals surface area contributed by atoms with Crippen molar-refractivity contribution in [1.82, 2.24) is 5.43 Å². The summed E-state index contributed by atoms with van der Waals surface area (Å²) in [5, 5.41) is 0.755. The first kappa shape index (κ1) is 9.52. The molecule has 0 aliphatic heterocycles. The molecule has 2 nitrogen and oxygen atoms in total. The summed E-state index contributed by atoms with van der Waals surface area (Å²) in [7, 11) is 0. The summed E-state index contributed by atoms with van der Waals surface area (Å²) < 4.78 is 0. The van der Waals surface area contributed by atoms with Gasteiger partial charge in [-0.15, -0.1) is 0 Å². The number of nitrogens with one attached hydrogen (secondary N) is 1. The van der Waals surface area contributed by atoms with Gasteiger partial charge in [0.1, 0.15) is 0 Å². The van der Waals surface area contributed by atoms with Gasteiger partial charge < -0.3 is 0 Å². The molecule has 0 heterocycles. The highest BCUT2D eigenvalue weighted by Crippen LogP contribution is 2.17. The summed E-state index contributed by atoms with van der Waals surface area (Å²) in [6.07, 6.45) is 0.970. The zero-order valence-electron chi connectivity index (χ0n) is 7.05. The van der Waals surface area contributed by atoms with E-state index in [-0.39, 0.29) is 6.04 Å². The zero-order chi connectivity index (χ0) is 8.97. The molecule has 0 aliphatic carbocycles. The van der Waals surface area contributed by atoms with Gasteiger partial charge in [-0.1, -0.05) is 30.7 Å². The molecule has 0 aromatic heterocycles. The molecule has 0 bridgehead atoms. The standard InChI is InChI=1S/C9H13ClN2/c1-2-9(12-11)7-3-5-8(10)6-4-7/h3-6,9,12H,2,11H2,1H3/t9-/m1/s1. The third kappa shape index (κ3) is 2.21. The van der Waals surface area contributed by atoms with Crippen LogP contribution in [0.1, 0.15) is 24.9 Å². The van der Waals surface area contributed by atoms with Gasteiger partial charge in [0.15, 0.2) is 0 Å². The number of rotatable bonds is 3. The van der Waals surface area contributed by atoms with E-state index in [1.807, 2.05) is 24.3 Å². The highest BCUT2D eigenvalue weighted by atomic mass is 35.5. The molecule has 1 atom stereocenters. The Hall–Kier alpha value is -0.570. The fourth-order valence-corrected chi connectivity index (χ4v) is 1.27. The average molecular weight is 185 g/mol. The fraction of sp³-hybridized carbons (Fsp3) is 0.333. The third-order valence-electron chi connectivity index (χ3n) is 1.88. The van der Waals surface area contributed by atoms with E-state index in [0.717, 1.165) is 11.4 Å². The summed E-state index contributed by atoms with van der Waals surface area (Å²) in [6.45, 7) is 2.08. The van der Waals surface area contributed by atoms with Gasteiger partial charge in [0.05, 0.1) is 0 Å².